The van der Waals surface area contributed by atoms with E-state index in [9.17, 15) is 0 Å². The minimum Gasteiger partial charge on any atom is -0.491 e. The Balaban J connectivity index is 0.00000288. The predicted molar refractivity (Wildman–Crippen MR) is 107 cm³/mol. The lowest BCUT2D eigenvalue weighted by atomic mass is 10.1. The summed E-state index contributed by atoms with van der Waals surface area (Å²) in [7, 11) is 0. The molecule has 0 fully saturated rings. The Labute approximate surface area is 159 Å². The van der Waals surface area contributed by atoms with Gasteiger partial charge in [-0.15, -0.1) is 24.0 Å². The fourth-order valence-corrected chi connectivity index (χ4v) is 1.92. The molecule has 0 aliphatic heterocycles. The molecule has 24 heavy (non-hydrogen) atoms. The molecule has 0 saturated heterocycles. The lowest BCUT2D eigenvalue weighted by Gasteiger charge is -2.10. The van der Waals surface area contributed by atoms with Crippen LogP contribution in [-0.2, 0) is 6.54 Å². The average molecular weight is 444 g/mol. The molecule has 1 aromatic carbocycles. The molecular weight excluding hydrogens is 419 g/mol. The maximum atomic E-state index is 5.88. The minimum absolute atomic E-state index is 0. The van der Waals surface area contributed by atoms with Crippen molar-refractivity contribution < 1.29 is 9.26 Å². The van der Waals surface area contributed by atoms with E-state index in [1.165, 1.54) is 0 Å². The number of nitrogens with two attached hydrogens (primary N) is 1. The zero-order chi connectivity index (χ0) is 16.8. The molecule has 1 heterocycles. The highest BCUT2D eigenvalue weighted by atomic mass is 127. The number of aromatic nitrogens is 1. The van der Waals surface area contributed by atoms with Gasteiger partial charge in [-0.2, -0.15) is 0 Å². The summed E-state index contributed by atoms with van der Waals surface area (Å²) in [6, 6.07) is 9.47. The molecule has 3 N–H and O–H groups in total. The Kier molecular flexibility index (Phi) is 8.03. The van der Waals surface area contributed by atoms with Crippen molar-refractivity contribution in [2.45, 2.75) is 46.3 Å². The fraction of sp³-hybridized carbons (Fsp3) is 0.412. The third-order valence-corrected chi connectivity index (χ3v) is 3.07. The molecule has 1 aromatic heterocycles. The van der Waals surface area contributed by atoms with Crippen molar-refractivity contribution in [1.29, 1.82) is 0 Å². The Morgan fingerprint density at radius 1 is 1.25 bits per heavy atom. The van der Waals surface area contributed by atoms with Gasteiger partial charge in [0, 0.05) is 11.8 Å². The molecular formula is C17H25IN4O2. The van der Waals surface area contributed by atoms with Crippen LogP contribution in [0, 0.1) is 0 Å². The van der Waals surface area contributed by atoms with E-state index in [0.717, 1.165) is 17.1 Å². The molecule has 132 valence electrons. The summed E-state index contributed by atoms with van der Waals surface area (Å²) in [5, 5.41) is 7.02. The number of halogens is 1. The molecule has 0 atom stereocenters. The van der Waals surface area contributed by atoms with Crippen molar-refractivity contribution in [3.63, 3.8) is 0 Å². The monoisotopic (exact) mass is 444 g/mol. The molecule has 0 aliphatic carbocycles. The second-order valence-corrected chi connectivity index (χ2v) is 5.89. The van der Waals surface area contributed by atoms with Crippen LogP contribution in [0.5, 0.6) is 5.75 Å². The second kappa shape index (κ2) is 9.51. The topological polar surface area (TPSA) is 85.7 Å². The first-order valence-electron chi connectivity index (χ1n) is 7.73. The third-order valence-electron chi connectivity index (χ3n) is 3.07. The molecule has 2 rings (SSSR count). The van der Waals surface area contributed by atoms with Gasteiger partial charge in [0.05, 0.1) is 11.8 Å². The molecule has 0 saturated carbocycles. The maximum absolute atomic E-state index is 5.88. The van der Waals surface area contributed by atoms with Gasteiger partial charge in [0.1, 0.15) is 12.3 Å². The lowest BCUT2D eigenvalue weighted by molar-refractivity contribution is 0.242. The van der Waals surface area contributed by atoms with Crippen molar-refractivity contribution in [1.82, 2.24) is 5.16 Å². The van der Waals surface area contributed by atoms with Crippen LogP contribution < -0.4 is 15.8 Å². The van der Waals surface area contributed by atoms with Gasteiger partial charge in [-0.05, 0) is 44.0 Å². The summed E-state index contributed by atoms with van der Waals surface area (Å²) in [5.41, 5.74) is 7.65. The summed E-state index contributed by atoms with van der Waals surface area (Å²) >= 11 is 0. The molecule has 7 heteroatoms. The van der Waals surface area contributed by atoms with E-state index in [4.69, 9.17) is 15.0 Å². The maximum Gasteiger partial charge on any atom is 0.193 e. The van der Waals surface area contributed by atoms with Crippen molar-refractivity contribution in [2.75, 3.05) is 5.32 Å². The predicted octanol–water partition coefficient (Wildman–Crippen LogP) is 4.13. The van der Waals surface area contributed by atoms with Crippen LogP contribution in [0.4, 0.5) is 5.69 Å². The van der Waals surface area contributed by atoms with Gasteiger partial charge >= 0.3 is 0 Å². The number of hydrogen-bond donors (Lipinski definition) is 2. The van der Waals surface area contributed by atoms with Crippen molar-refractivity contribution in [3.8, 4) is 5.75 Å². The van der Waals surface area contributed by atoms with Gasteiger partial charge in [0.25, 0.3) is 0 Å². The quantitative estimate of drug-likeness (QED) is 0.398. The van der Waals surface area contributed by atoms with Crippen LogP contribution in [0.1, 0.15) is 45.1 Å². The molecule has 0 aliphatic rings. The van der Waals surface area contributed by atoms with E-state index in [-0.39, 0.29) is 30.1 Å². The van der Waals surface area contributed by atoms with E-state index in [1.54, 1.807) is 0 Å². The van der Waals surface area contributed by atoms with Crippen LogP contribution in [-0.4, -0.2) is 17.2 Å². The summed E-state index contributed by atoms with van der Waals surface area (Å²) in [5.74, 6) is 2.17. The van der Waals surface area contributed by atoms with Gasteiger partial charge < -0.3 is 20.3 Å². The number of rotatable bonds is 6. The van der Waals surface area contributed by atoms with Crippen LogP contribution in [0.3, 0.4) is 0 Å². The van der Waals surface area contributed by atoms with Crippen molar-refractivity contribution in [2.24, 2.45) is 10.7 Å². The highest BCUT2D eigenvalue weighted by molar-refractivity contribution is 14.0. The standard InChI is InChI=1S/C17H24N4O2.HI/c1-11(2)16-9-15(23-21-16)10-19-17(18)20-13-5-7-14(8-6-13)22-12(3)4;/h5-9,11-12H,10H2,1-4H3,(H3,18,19,20);1H. The van der Waals surface area contributed by atoms with Crippen molar-refractivity contribution in [3.05, 3.63) is 41.8 Å². The number of aliphatic imine (C=N–C) groups is 1. The van der Waals surface area contributed by atoms with E-state index in [0.29, 0.717) is 24.2 Å². The average Bonchev–Trinajstić information content (AvgIpc) is 2.96. The minimum atomic E-state index is 0. The number of nitrogens with zero attached hydrogens (tertiary/aromatic N) is 2. The highest BCUT2D eigenvalue weighted by Crippen LogP contribution is 2.17. The molecule has 0 spiro atoms. The van der Waals surface area contributed by atoms with E-state index in [1.807, 2.05) is 44.2 Å². The Hall–Kier alpha value is -1.77. The molecule has 0 bridgehead atoms. The smallest absolute Gasteiger partial charge is 0.193 e. The first-order chi connectivity index (χ1) is 10.9. The Bertz CT molecular complexity index is 651. The SMILES string of the molecule is CC(C)Oc1ccc(NC(N)=NCc2cc(C(C)C)no2)cc1.I. The molecule has 0 amide bonds. The summed E-state index contributed by atoms with van der Waals surface area (Å²) < 4.78 is 10.8. The normalized spacial score (nSPS) is 11.5. The van der Waals surface area contributed by atoms with E-state index in [2.05, 4.69) is 29.3 Å². The van der Waals surface area contributed by atoms with Crippen LogP contribution in [0.15, 0.2) is 39.8 Å². The molecule has 0 unspecified atom stereocenters. The molecule has 2 aromatic rings. The highest BCUT2D eigenvalue weighted by Gasteiger charge is 2.07. The number of ether oxygens (including phenoxy) is 1. The van der Waals surface area contributed by atoms with Crippen LogP contribution in [0.25, 0.3) is 0 Å². The van der Waals surface area contributed by atoms with Crippen LogP contribution >= 0.6 is 24.0 Å². The van der Waals surface area contributed by atoms with Crippen molar-refractivity contribution >= 4 is 35.6 Å². The largest absolute Gasteiger partial charge is 0.491 e. The molecule has 6 nitrogen and oxygen atoms in total. The van der Waals surface area contributed by atoms with Crippen LogP contribution in [0.2, 0.25) is 0 Å². The second-order valence-electron chi connectivity index (χ2n) is 5.89. The number of benzene rings is 1. The number of anilines is 1. The lowest BCUT2D eigenvalue weighted by Crippen LogP contribution is -2.22. The summed E-state index contributed by atoms with van der Waals surface area (Å²) in [6.45, 7) is 8.46. The first-order valence-corrected chi connectivity index (χ1v) is 7.73. The third kappa shape index (κ3) is 6.38. The van der Waals surface area contributed by atoms with Gasteiger partial charge in [0.15, 0.2) is 11.7 Å². The van der Waals surface area contributed by atoms with Gasteiger partial charge in [-0.3, -0.25) is 0 Å². The van der Waals surface area contributed by atoms with E-state index < -0.39 is 0 Å². The van der Waals surface area contributed by atoms with Gasteiger partial charge in [-0.25, -0.2) is 4.99 Å². The first kappa shape index (κ1) is 20.3. The number of nitrogens with one attached hydrogen (secondary N) is 1. The van der Waals surface area contributed by atoms with Gasteiger partial charge in [0.2, 0.25) is 0 Å². The van der Waals surface area contributed by atoms with E-state index >= 15 is 0 Å². The van der Waals surface area contributed by atoms with Gasteiger partial charge in [-0.1, -0.05) is 19.0 Å². The summed E-state index contributed by atoms with van der Waals surface area (Å²) in [4.78, 5) is 4.25. The zero-order valence-corrected chi connectivity index (χ0v) is 16.8. The fourth-order valence-electron chi connectivity index (χ4n) is 1.92. The molecule has 0 radical (unpaired) electrons. The summed E-state index contributed by atoms with van der Waals surface area (Å²) in [6.07, 6.45) is 0.151. The number of guanidine groups is 1. The zero-order valence-electron chi connectivity index (χ0n) is 14.4. The Morgan fingerprint density at radius 2 is 1.92 bits per heavy atom. The Morgan fingerprint density at radius 3 is 2.46 bits per heavy atom. The number of hydrogen-bond acceptors (Lipinski definition) is 4.